The number of nitrogens with one attached hydrogen (secondary N) is 1. The standard InChI is InChI=1S/C30H37F2N6O6PS/c1-17(2)42-26(39)18(3)36-45(46,44-22-14-10-12-20-11-8-9-13-21(20)22)41-15-30(32)27(40)29(5,31)28(43-30)38-16-33-23-24(37(6)7)34-19(4)35-25(23)38/h8-14,16-18,27-28,40H,15H2,1-7H3,(H,36,46)/t18-,27-,28+,29+,30+,45?/m0/s1. The van der Waals surface area contributed by atoms with E-state index in [0.717, 1.165) is 12.3 Å². The van der Waals surface area contributed by atoms with Crippen LogP contribution >= 0.6 is 6.64 Å². The van der Waals surface area contributed by atoms with Crippen LogP contribution in [-0.4, -0.2) is 81.1 Å². The van der Waals surface area contributed by atoms with Crippen molar-refractivity contribution >= 4 is 52.2 Å². The van der Waals surface area contributed by atoms with E-state index in [4.69, 9.17) is 30.3 Å². The number of carbonyl (C=O) groups excluding carboxylic acids is 1. The summed E-state index contributed by atoms with van der Waals surface area (Å²) in [7, 11) is 3.53. The topological polar surface area (TPSA) is 133 Å². The van der Waals surface area contributed by atoms with Crippen LogP contribution in [0.2, 0.25) is 0 Å². The Morgan fingerprint density at radius 2 is 1.89 bits per heavy atom. The van der Waals surface area contributed by atoms with Crippen LogP contribution in [0, 0.1) is 6.92 Å². The number of hydrogen-bond donors (Lipinski definition) is 2. The Bertz CT molecular complexity index is 1800. The van der Waals surface area contributed by atoms with E-state index in [1.807, 2.05) is 30.3 Å². The SMILES string of the molecule is Cc1nc(N(C)C)c2ncn([C@@H]3O[C@](F)(COP(=S)(N[C@@H](C)C(=O)OC(C)C)Oc4cccc5ccccc45)[C@@H](O)[C@@]3(C)F)c2n1. The number of aliphatic hydroxyl groups excluding tert-OH is 1. The fraction of sp³-hybridized carbons (Fsp3) is 0.467. The summed E-state index contributed by atoms with van der Waals surface area (Å²) in [6.07, 6.45) is -3.18. The number of ether oxygens (including phenoxy) is 2. The molecule has 0 aliphatic carbocycles. The van der Waals surface area contributed by atoms with E-state index in [9.17, 15) is 9.90 Å². The molecule has 2 N–H and O–H groups in total. The second-order valence-corrected chi connectivity index (χ2v) is 14.9. The highest BCUT2D eigenvalue weighted by Gasteiger charge is 2.65. The van der Waals surface area contributed by atoms with Crippen molar-refractivity contribution in [3.8, 4) is 5.75 Å². The van der Waals surface area contributed by atoms with Gasteiger partial charge in [0.1, 0.15) is 24.2 Å². The van der Waals surface area contributed by atoms with Crippen LogP contribution in [0.5, 0.6) is 5.75 Å². The number of fused-ring (bicyclic) bond motifs is 2. The molecule has 2 aromatic heterocycles. The lowest BCUT2D eigenvalue weighted by molar-refractivity contribution is -0.202. The Morgan fingerprint density at radius 1 is 1.20 bits per heavy atom. The number of alkyl halides is 2. The summed E-state index contributed by atoms with van der Waals surface area (Å²) in [5.74, 6) is -2.59. The zero-order valence-electron chi connectivity index (χ0n) is 26.5. The average molecular weight is 679 g/mol. The van der Waals surface area contributed by atoms with E-state index in [1.165, 1.54) is 17.8 Å². The zero-order valence-corrected chi connectivity index (χ0v) is 28.2. The number of aromatic nitrogens is 4. The molecule has 5 rings (SSSR count). The largest absolute Gasteiger partial charge is 0.462 e. The molecule has 248 valence electrons. The molecule has 3 heterocycles. The summed E-state index contributed by atoms with van der Waals surface area (Å²) in [5.41, 5.74) is -2.16. The molecule has 0 radical (unpaired) electrons. The fourth-order valence-electron chi connectivity index (χ4n) is 5.15. The Kier molecular flexibility index (Phi) is 9.39. The molecule has 6 atom stereocenters. The molecule has 0 spiro atoms. The molecule has 1 saturated heterocycles. The molecule has 1 aliphatic rings. The molecule has 4 aromatic rings. The van der Waals surface area contributed by atoms with Gasteiger partial charge in [-0.2, -0.15) is 0 Å². The van der Waals surface area contributed by atoms with Gasteiger partial charge in [-0.15, -0.1) is 0 Å². The van der Waals surface area contributed by atoms with Gasteiger partial charge in [0.15, 0.2) is 35.0 Å². The number of benzene rings is 2. The van der Waals surface area contributed by atoms with Gasteiger partial charge in [-0.05, 0) is 57.9 Å². The van der Waals surface area contributed by atoms with Crippen molar-refractivity contribution in [2.75, 3.05) is 25.6 Å². The van der Waals surface area contributed by atoms with Gasteiger partial charge in [-0.3, -0.25) is 9.36 Å². The average Bonchev–Trinajstić information content (AvgIpc) is 3.47. The van der Waals surface area contributed by atoms with Gasteiger partial charge in [-0.1, -0.05) is 36.4 Å². The van der Waals surface area contributed by atoms with Crippen molar-refractivity contribution in [2.24, 2.45) is 0 Å². The van der Waals surface area contributed by atoms with Gasteiger partial charge in [0, 0.05) is 19.5 Å². The van der Waals surface area contributed by atoms with E-state index < -0.39 is 55.2 Å². The minimum absolute atomic E-state index is 0.186. The Balaban J connectivity index is 1.46. The second-order valence-electron chi connectivity index (χ2n) is 11.8. The van der Waals surface area contributed by atoms with E-state index in [0.29, 0.717) is 28.3 Å². The molecule has 1 unspecified atom stereocenters. The van der Waals surface area contributed by atoms with Gasteiger partial charge in [-0.25, -0.2) is 28.8 Å². The minimum Gasteiger partial charge on any atom is -0.462 e. The highest BCUT2D eigenvalue weighted by Crippen LogP contribution is 2.53. The minimum atomic E-state index is -3.82. The normalized spacial score (nSPS) is 25.1. The molecule has 2 aromatic carbocycles. The third-order valence-electron chi connectivity index (χ3n) is 7.38. The number of aryl methyl sites for hydroxylation is 1. The van der Waals surface area contributed by atoms with E-state index >= 15 is 8.78 Å². The van der Waals surface area contributed by atoms with Crippen LogP contribution in [-0.2, 0) is 30.6 Å². The summed E-state index contributed by atoms with van der Waals surface area (Å²) in [4.78, 5) is 27.5. The van der Waals surface area contributed by atoms with Crippen molar-refractivity contribution in [1.82, 2.24) is 24.6 Å². The monoisotopic (exact) mass is 678 g/mol. The predicted molar refractivity (Wildman–Crippen MR) is 173 cm³/mol. The van der Waals surface area contributed by atoms with E-state index in [1.54, 1.807) is 51.9 Å². The molecule has 0 bridgehead atoms. The smallest absolute Gasteiger partial charge is 0.323 e. The molecule has 16 heteroatoms. The third kappa shape index (κ3) is 6.57. The first-order valence-electron chi connectivity index (χ1n) is 14.6. The number of aliphatic hydroxyl groups is 1. The molecule has 0 amide bonds. The molecule has 12 nitrogen and oxygen atoms in total. The van der Waals surface area contributed by atoms with Gasteiger partial charge < -0.3 is 28.5 Å². The lowest BCUT2D eigenvalue weighted by Crippen LogP contribution is -2.47. The number of nitrogens with zero attached hydrogens (tertiary/aromatic N) is 5. The van der Waals surface area contributed by atoms with Crippen LogP contribution in [0.25, 0.3) is 21.9 Å². The number of imidazole rings is 1. The van der Waals surface area contributed by atoms with E-state index in [-0.39, 0.29) is 5.65 Å². The molecule has 0 saturated carbocycles. The van der Waals surface area contributed by atoms with Crippen molar-refractivity contribution in [3.05, 3.63) is 54.6 Å². The van der Waals surface area contributed by atoms with Crippen LogP contribution in [0.15, 0.2) is 48.8 Å². The van der Waals surface area contributed by atoms with Gasteiger partial charge >= 0.3 is 12.6 Å². The fourth-order valence-corrected chi connectivity index (χ4v) is 7.54. The van der Waals surface area contributed by atoms with Gasteiger partial charge in [0.2, 0.25) is 0 Å². The van der Waals surface area contributed by atoms with Crippen molar-refractivity contribution in [3.63, 3.8) is 0 Å². The third-order valence-corrected chi connectivity index (χ3v) is 9.85. The number of anilines is 1. The first-order chi connectivity index (χ1) is 21.5. The predicted octanol–water partition coefficient (Wildman–Crippen LogP) is 4.89. The first kappa shape index (κ1) is 34.0. The molecule has 46 heavy (non-hydrogen) atoms. The molecular formula is C30H37F2N6O6PS. The number of esters is 1. The van der Waals surface area contributed by atoms with Crippen molar-refractivity contribution < 1.29 is 37.2 Å². The maximum absolute atomic E-state index is 16.6. The van der Waals surface area contributed by atoms with Gasteiger partial charge in [0.05, 0.1) is 12.4 Å². The van der Waals surface area contributed by atoms with Gasteiger partial charge in [0.25, 0.3) is 5.85 Å². The quantitative estimate of drug-likeness (QED) is 0.165. The summed E-state index contributed by atoms with van der Waals surface area (Å²) < 4.78 is 57.1. The summed E-state index contributed by atoms with van der Waals surface area (Å²) in [6.45, 7) is 2.69. The summed E-state index contributed by atoms with van der Waals surface area (Å²) in [5, 5.41) is 15.4. The number of halogens is 2. The Morgan fingerprint density at radius 3 is 2.59 bits per heavy atom. The van der Waals surface area contributed by atoms with Crippen molar-refractivity contribution in [2.45, 2.75) is 70.6 Å². The lowest BCUT2D eigenvalue weighted by atomic mass is 9.97. The van der Waals surface area contributed by atoms with Crippen LogP contribution in [0.4, 0.5) is 14.6 Å². The van der Waals surface area contributed by atoms with E-state index in [2.05, 4.69) is 20.0 Å². The van der Waals surface area contributed by atoms with Crippen LogP contribution < -0.4 is 14.5 Å². The first-order valence-corrected chi connectivity index (χ1v) is 17.2. The molecule has 1 fully saturated rings. The van der Waals surface area contributed by atoms with Crippen LogP contribution in [0.1, 0.15) is 39.7 Å². The van der Waals surface area contributed by atoms with Crippen LogP contribution in [0.3, 0.4) is 0 Å². The Hall–Kier alpha value is -3.33. The maximum Gasteiger partial charge on any atom is 0.323 e. The lowest BCUT2D eigenvalue weighted by Gasteiger charge is -2.30. The molecule has 1 aliphatic heterocycles. The number of hydrogen-bond acceptors (Lipinski definition) is 11. The maximum atomic E-state index is 16.6. The summed E-state index contributed by atoms with van der Waals surface area (Å²) in [6, 6.07) is 11.6. The second kappa shape index (κ2) is 12.7. The number of rotatable bonds is 11. The Labute approximate surface area is 270 Å². The summed E-state index contributed by atoms with van der Waals surface area (Å²) >= 11 is 5.77. The highest BCUT2D eigenvalue weighted by atomic mass is 32.5. The zero-order chi connectivity index (χ0) is 33.6. The number of carbonyl (C=O) groups is 1. The molecular weight excluding hydrogens is 641 g/mol. The van der Waals surface area contributed by atoms with Crippen molar-refractivity contribution in [1.29, 1.82) is 0 Å². The highest BCUT2D eigenvalue weighted by molar-refractivity contribution is 8.09.